The van der Waals surface area contributed by atoms with Gasteiger partial charge in [0, 0.05) is 6.54 Å². The minimum atomic E-state index is -0.674. The molecule has 0 spiro atoms. The molecule has 0 aliphatic carbocycles. The van der Waals surface area contributed by atoms with E-state index in [4.69, 9.17) is 4.42 Å². The van der Waals surface area contributed by atoms with Crippen molar-refractivity contribution in [2.24, 2.45) is 5.92 Å². The van der Waals surface area contributed by atoms with Crippen LogP contribution in [0.4, 0.5) is 0 Å². The van der Waals surface area contributed by atoms with Gasteiger partial charge in [0.15, 0.2) is 4.67 Å². The van der Waals surface area contributed by atoms with Crippen LogP contribution >= 0.6 is 15.9 Å². The number of halogens is 1. The predicted molar refractivity (Wildman–Crippen MR) is 72.9 cm³/mol. The summed E-state index contributed by atoms with van der Waals surface area (Å²) in [4.78, 5) is 0. The molecule has 0 radical (unpaired) electrons. The van der Waals surface area contributed by atoms with Gasteiger partial charge in [-0.3, -0.25) is 0 Å². The summed E-state index contributed by atoms with van der Waals surface area (Å²) in [6.45, 7) is 8.68. The van der Waals surface area contributed by atoms with Crippen LogP contribution in [0.25, 0.3) is 0 Å². The second-order valence-electron chi connectivity index (χ2n) is 5.34. The van der Waals surface area contributed by atoms with Crippen molar-refractivity contribution >= 4 is 15.9 Å². The lowest BCUT2D eigenvalue weighted by Gasteiger charge is -2.27. The van der Waals surface area contributed by atoms with E-state index in [1.807, 2.05) is 26.0 Å². The minimum Gasteiger partial charge on any atom is -0.453 e. The second kappa shape index (κ2) is 6.03. The molecule has 1 heterocycles. The lowest BCUT2D eigenvalue weighted by atomic mass is 9.94. The molecule has 0 saturated carbocycles. The summed E-state index contributed by atoms with van der Waals surface area (Å²) in [6, 6.07) is 3.90. The summed E-state index contributed by atoms with van der Waals surface area (Å²) in [5, 5.41) is 13.5. The van der Waals surface area contributed by atoms with Gasteiger partial charge in [-0.05, 0) is 54.2 Å². The van der Waals surface area contributed by atoms with Crippen molar-refractivity contribution in [1.29, 1.82) is 0 Å². The SMILES string of the molecule is CC(C)CC(C)(O)CNC(C)c1ccc(Br)o1. The van der Waals surface area contributed by atoms with Crippen LogP contribution in [0.5, 0.6) is 0 Å². The molecule has 4 heteroatoms. The summed E-state index contributed by atoms with van der Waals surface area (Å²) in [6.07, 6.45) is 0.786. The van der Waals surface area contributed by atoms with Gasteiger partial charge in [0.1, 0.15) is 5.76 Å². The van der Waals surface area contributed by atoms with Gasteiger partial charge in [-0.15, -0.1) is 0 Å². The second-order valence-corrected chi connectivity index (χ2v) is 6.12. The molecule has 1 aromatic rings. The molecule has 1 aromatic heterocycles. The number of hydrogen-bond donors (Lipinski definition) is 2. The average Bonchev–Trinajstić information content (AvgIpc) is 2.59. The van der Waals surface area contributed by atoms with Gasteiger partial charge in [-0.25, -0.2) is 0 Å². The predicted octanol–water partition coefficient (Wildman–Crippen LogP) is 3.49. The van der Waals surface area contributed by atoms with Gasteiger partial charge in [0.2, 0.25) is 0 Å². The molecule has 2 unspecified atom stereocenters. The first-order valence-electron chi connectivity index (χ1n) is 6.01. The van der Waals surface area contributed by atoms with Crippen LogP contribution in [0.2, 0.25) is 0 Å². The van der Waals surface area contributed by atoms with Gasteiger partial charge in [-0.2, -0.15) is 0 Å². The zero-order chi connectivity index (χ0) is 13.1. The lowest BCUT2D eigenvalue weighted by molar-refractivity contribution is 0.0357. The Labute approximate surface area is 112 Å². The minimum absolute atomic E-state index is 0.0972. The molecule has 0 aliphatic heterocycles. The van der Waals surface area contributed by atoms with Crippen LogP contribution in [0.1, 0.15) is 45.9 Å². The number of hydrogen-bond acceptors (Lipinski definition) is 3. The fourth-order valence-electron chi connectivity index (χ4n) is 1.99. The van der Waals surface area contributed by atoms with Gasteiger partial charge < -0.3 is 14.8 Å². The molecule has 1 rings (SSSR count). The van der Waals surface area contributed by atoms with E-state index in [1.54, 1.807) is 0 Å². The van der Waals surface area contributed by atoms with E-state index in [2.05, 4.69) is 35.1 Å². The highest BCUT2D eigenvalue weighted by atomic mass is 79.9. The Bertz CT molecular complexity index is 347. The van der Waals surface area contributed by atoms with E-state index in [0.717, 1.165) is 16.9 Å². The molecule has 0 saturated heterocycles. The van der Waals surface area contributed by atoms with Crippen molar-refractivity contribution in [1.82, 2.24) is 5.32 Å². The van der Waals surface area contributed by atoms with Crippen molar-refractivity contribution < 1.29 is 9.52 Å². The van der Waals surface area contributed by atoms with E-state index in [-0.39, 0.29) is 6.04 Å². The van der Waals surface area contributed by atoms with E-state index >= 15 is 0 Å². The molecule has 3 nitrogen and oxygen atoms in total. The van der Waals surface area contributed by atoms with E-state index in [1.165, 1.54) is 0 Å². The molecular formula is C13H22BrNO2. The highest BCUT2D eigenvalue weighted by Gasteiger charge is 2.23. The Morgan fingerprint density at radius 2 is 2.06 bits per heavy atom. The molecule has 98 valence electrons. The highest BCUT2D eigenvalue weighted by Crippen LogP contribution is 2.21. The van der Waals surface area contributed by atoms with Crippen LogP contribution in [-0.2, 0) is 0 Å². The Morgan fingerprint density at radius 3 is 2.53 bits per heavy atom. The van der Waals surface area contributed by atoms with Gasteiger partial charge >= 0.3 is 0 Å². The van der Waals surface area contributed by atoms with Crippen LogP contribution < -0.4 is 5.32 Å². The average molecular weight is 304 g/mol. The quantitative estimate of drug-likeness (QED) is 0.845. The first-order chi connectivity index (χ1) is 7.80. The fraction of sp³-hybridized carbons (Fsp3) is 0.692. The highest BCUT2D eigenvalue weighted by molar-refractivity contribution is 9.10. The maximum atomic E-state index is 10.2. The van der Waals surface area contributed by atoms with E-state index < -0.39 is 5.60 Å². The normalized spacial score (nSPS) is 17.1. The third-order valence-electron chi connectivity index (χ3n) is 2.66. The largest absolute Gasteiger partial charge is 0.453 e. The fourth-order valence-corrected chi connectivity index (χ4v) is 2.31. The molecular weight excluding hydrogens is 282 g/mol. The summed E-state index contributed by atoms with van der Waals surface area (Å²) < 4.78 is 6.20. The molecule has 0 amide bonds. The van der Waals surface area contributed by atoms with Crippen LogP contribution in [0.15, 0.2) is 21.2 Å². The molecule has 2 N–H and O–H groups in total. The standard InChI is InChI=1S/C13H22BrNO2/c1-9(2)7-13(4,16)8-15-10(3)11-5-6-12(14)17-11/h5-6,9-10,15-16H,7-8H2,1-4H3. The zero-order valence-electron chi connectivity index (χ0n) is 11.0. The summed E-state index contributed by atoms with van der Waals surface area (Å²) >= 11 is 3.28. The van der Waals surface area contributed by atoms with Crippen molar-refractivity contribution in [3.63, 3.8) is 0 Å². The Balaban J connectivity index is 2.45. The smallest absolute Gasteiger partial charge is 0.169 e. The van der Waals surface area contributed by atoms with E-state index in [9.17, 15) is 5.11 Å². The number of nitrogens with one attached hydrogen (secondary N) is 1. The number of rotatable bonds is 6. The zero-order valence-corrected chi connectivity index (χ0v) is 12.5. The molecule has 0 aliphatic rings. The topological polar surface area (TPSA) is 45.4 Å². The Hall–Kier alpha value is -0.320. The third-order valence-corrected chi connectivity index (χ3v) is 3.08. The lowest BCUT2D eigenvalue weighted by Crippen LogP contribution is -2.39. The number of furan rings is 1. The molecule has 0 fully saturated rings. The van der Waals surface area contributed by atoms with Crippen molar-refractivity contribution in [2.75, 3.05) is 6.54 Å². The monoisotopic (exact) mass is 303 g/mol. The van der Waals surface area contributed by atoms with Gasteiger partial charge in [-0.1, -0.05) is 13.8 Å². The van der Waals surface area contributed by atoms with Gasteiger partial charge in [0.05, 0.1) is 11.6 Å². The first-order valence-corrected chi connectivity index (χ1v) is 6.80. The van der Waals surface area contributed by atoms with E-state index in [0.29, 0.717) is 12.5 Å². The van der Waals surface area contributed by atoms with Crippen LogP contribution in [0, 0.1) is 5.92 Å². The molecule has 2 atom stereocenters. The van der Waals surface area contributed by atoms with Gasteiger partial charge in [0.25, 0.3) is 0 Å². The summed E-state index contributed by atoms with van der Waals surface area (Å²) in [7, 11) is 0. The van der Waals surface area contributed by atoms with Crippen molar-refractivity contribution in [2.45, 2.75) is 45.8 Å². The van der Waals surface area contributed by atoms with Crippen molar-refractivity contribution in [3.05, 3.63) is 22.6 Å². The summed E-state index contributed by atoms with van der Waals surface area (Å²) in [5.74, 6) is 1.36. The van der Waals surface area contributed by atoms with Crippen molar-refractivity contribution in [3.8, 4) is 0 Å². The molecule has 0 bridgehead atoms. The maximum Gasteiger partial charge on any atom is 0.169 e. The maximum absolute atomic E-state index is 10.2. The third kappa shape index (κ3) is 5.23. The van der Waals surface area contributed by atoms with Crippen LogP contribution in [0.3, 0.4) is 0 Å². The Kier molecular flexibility index (Phi) is 5.22. The number of aliphatic hydroxyl groups is 1. The summed E-state index contributed by atoms with van der Waals surface area (Å²) in [5.41, 5.74) is -0.674. The van der Waals surface area contributed by atoms with Crippen LogP contribution in [-0.4, -0.2) is 17.3 Å². The first kappa shape index (κ1) is 14.7. The Morgan fingerprint density at radius 1 is 1.41 bits per heavy atom. The molecule has 0 aromatic carbocycles. The molecule has 17 heavy (non-hydrogen) atoms.